The van der Waals surface area contributed by atoms with Gasteiger partial charge in [-0.3, -0.25) is 9.59 Å². The Bertz CT molecular complexity index is 1300. The van der Waals surface area contributed by atoms with E-state index in [9.17, 15) is 24.3 Å². The third-order valence-electron chi connectivity index (χ3n) is 4.43. The van der Waals surface area contributed by atoms with Gasteiger partial charge in [0.05, 0.1) is 38.2 Å². The molecule has 0 radical (unpaired) electrons. The number of rotatable bonds is 8. The van der Waals surface area contributed by atoms with Crippen LogP contribution in [0.4, 0.5) is 11.4 Å². The van der Waals surface area contributed by atoms with Gasteiger partial charge in [0, 0.05) is 10.6 Å². The Morgan fingerprint density at radius 1 is 0.824 bits per heavy atom. The summed E-state index contributed by atoms with van der Waals surface area (Å²) in [5.74, 6) is -3.71. The summed E-state index contributed by atoms with van der Waals surface area (Å²) >= 11 is 13.2. The molecule has 0 aliphatic heterocycles. The molecule has 0 heterocycles. The molecule has 34 heavy (non-hydrogen) atoms. The molecule has 3 aromatic carbocycles. The van der Waals surface area contributed by atoms with Gasteiger partial charge < -0.3 is 20.8 Å². The zero-order valence-electron chi connectivity index (χ0n) is 17.2. The molecule has 0 unspecified atom stereocenters. The Morgan fingerprint density at radius 3 is 2.26 bits per heavy atom. The Balaban J connectivity index is 1.67. The van der Waals surface area contributed by atoms with Gasteiger partial charge in [0.25, 0.3) is 5.91 Å². The van der Waals surface area contributed by atoms with Crippen LogP contribution >= 0.6 is 35.0 Å². The molecule has 0 atom stereocenters. The second kappa shape index (κ2) is 11.1. The molecule has 174 valence electrons. The molecule has 0 bridgehead atoms. The maximum atomic E-state index is 12.6. The van der Waals surface area contributed by atoms with Crippen LogP contribution in [0.15, 0.2) is 65.6 Å². The summed E-state index contributed by atoms with van der Waals surface area (Å²) in [7, 11) is 0. The zero-order valence-corrected chi connectivity index (χ0v) is 19.5. The van der Waals surface area contributed by atoms with Gasteiger partial charge in [-0.25, -0.2) is 9.59 Å². The van der Waals surface area contributed by atoms with Crippen LogP contribution in [0.5, 0.6) is 0 Å². The predicted molar refractivity (Wildman–Crippen MR) is 131 cm³/mol. The molecular weight excluding hydrogens is 503 g/mol. The third-order valence-corrected chi connectivity index (χ3v) is 6.24. The lowest BCUT2D eigenvalue weighted by molar-refractivity contribution is -0.113. The number of aromatic carboxylic acids is 2. The standard InChI is InChI=1S/C23H16Cl2N2O6S/c24-17-5-2-6-18(20(17)25)27-19(28)11-34-14-4-1-3-13(10-14)26-21(29)15-8-7-12(22(30)31)9-16(15)23(32)33/h1-10H,11H2,(H,26,29)(H,27,28)(H,30,31)(H,32,33). The van der Waals surface area contributed by atoms with Crippen molar-refractivity contribution in [2.75, 3.05) is 16.4 Å². The molecule has 0 saturated carbocycles. The van der Waals surface area contributed by atoms with Gasteiger partial charge in [0.2, 0.25) is 5.91 Å². The second-order valence-corrected chi connectivity index (χ2v) is 8.62. The highest BCUT2D eigenvalue weighted by atomic mass is 35.5. The van der Waals surface area contributed by atoms with Crippen molar-refractivity contribution in [3.8, 4) is 0 Å². The van der Waals surface area contributed by atoms with Crippen LogP contribution in [-0.2, 0) is 4.79 Å². The number of nitrogens with one attached hydrogen (secondary N) is 2. The number of carboxylic acids is 2. The Kier molecular flexibility index (Phi) is 8.17. The van der Waals surface area contributed by atoms with E-state index in [0.717, 1.165) is 18.2 Å². The zero-order chi connectivity index (χ0) is 24.8. The number of carboxylic acid groups (broad SMARTS) is 2. The minimum absolute atomic E-state index is 0.0556. The quantitative estimate of drug-likeness (QED) is 0.294. The summed E-state index contributed by atoms with van der Waals surface area (Å²) in [5, 5.41) is 24.2. The fraction of sp³-hybridized carbons (Fsp3) is 0.0435. The van der Waals surface area contributed by atoms with E-state index in [1.165, 1.54) is 11.8 Å². The van der Waals surface area contributed by atoms with Crippen LogP contribution < -0.4 is 10.6 Å². The molecule has 2 amide bonds. The molecular formula is C23H16Cl2N2O6S. The van der Waals surface area contributed by atoms with E-state index in [1.54, 1.807) is 42.5 Å². The molecule has 3 rings (SSSR count). The topological polar surface area (TPSA) is 133 Å². The second-order valence-electron chi connectivity index (χ2n) is 6.79. The maximum Gasteiger partial charge on any atom is 0.336 e. The van der Waals surface area contributed by atoms with Crippen molar-refractivity contribution < 1.29 is 29.4 Å². The highest BCUT2D eigenvalue weighted by Crippen LogP contribution is 2.30. The van der Waals surface area contributed by atoms with Crippen molar-refractivity contribution in [2.45, 2.75) is 4.90 Å². The monoisotopic (exact) mass is 518 g/mol. The fourth-order valence-electron chi connectivity index (χ4n) is 2.85. The first-order valence-corrected chi connectivity index (χ1v) is 11.3. The molecule has 3 aromatic rings. The number of hydrogen-bond donors (Lipinski definition) is 4. The smallest absolute Gasteiger partial charge is 0.336 e. The Morgan fingerprint density at radius 2 is 1.56 bits per heavy atom. The number of thioether (sulfide) groups is 1. The van der Waals surface area contributed by atoms with E-state index in [4.69, 9.17) is 28.3 Å². The molecule has 0 saturated heterocycles. The van der Waals surface area contributed by atoms with Gasteiger partial charge in [-0.15, -0.1) is 11.8 Å². The SMILES string of the molecule is O=C(CSc1cccc(NC(=O)c2ccc(C(=O)O)cc2C(=O)O)c1)Nc1cccc(Cl)c1Cl. The van der Waals surface area contributed by atoms with E-state index in [0.29, 0.717) is 21.3 Å². The number of halogens is 2. The van der Waals surface area contributed by atoms with E-state index in [2.05, 4.69) is 10.6 Å². The molecule has 0 fully saturated rings. The molecule has 0 spiro atoms. The summed E-state index contributed by atoms with van der Waals surface area (Å²) < 4.78 is 0. The first-order chi connectivity index (χ1) is 16.2. The van der Waals surface area contributed by atoms with Gasteiger partial charge in [-0.05, 0) is 48.5 Å². The van der Waals surface area contributed by atoms with Crippen LogP contribution in [-0.4, -0.2) is 39.7 Å². The van der Waals surface area contributed by atoms with Crippen LogP contribution in [0.25, 0.3) is 0 Å². The van der Waals surface area contributed by atoms with Crippen LogP contribution in [0.2, 0.25) is 10.0 Å². The van der Waals surface area contributed by atoms with Crippen molar-refractivity contribution in [3.63, 3.8) is 0 Å². The molecule has 8 nitrogen and oxygen atoms in total. The van der Waals surface area contributed by atoms with Crippen LogP contribution in [0.1, 0.15) is 31.1 Å². The molecule has 0 aliphatic rings. The summed E-state index contributed by atoms with van der Waals surface area (Å²) in [4.78, 5) is 48.2. The molecule has 11 heteroatoms. The molecule has 0 aromatic heterocycles. The van der Waals surface area contributed by atoms with Crippen molar-refractivity contribution in [2.24, 2.45) is 0 Å². The summed E-state index contributed by atoms with van der Waals surface area (Å²) in [6, 6.07) is 14.7. The molecule has 0 aliphatic carbocycles. The number of hydrogen-bond acceptors (Lipinski definition) is 5. The lowest BCUT2D eigenvalue weighted by atomic mass is 10.0. The van der Waals surface area contributed by atoms with E-state index in [1.807, 2.05) is 0 Å². The summed E-state index contributed by atoms with van der Waals surface area (Å²) in [6.45, 7) is 0. The van der Waals surface area contributed by atoms with Crippen molar-refractivity contribution in [3.05, 3.63) is 87.4 Å². The van der Waals surface area contributed by atoms with Gasteiger partial charge in [0.15, 0.2) is 0 Å². The number of benzene rings is 3. The number of anilines is 2. The van der Waals surface area contributed by atoms with Gasteiger partial charge in [-0.2, -0.15) is 0 Å². The van der Waals surface area contributed by atoms with Gasteiger partial charge in [-0.1, -0.05) is 35.3 Å². The summed E-state index contributed by atoms with van der Waals surface area (Å²) in [5.41, 5.74) is -0.104. The van der Waals surface area contributed by atoms with Crippen molar-refractivity contribution >= 4 is 70.1 Å². The maximum absolute atomic E-state index is 12.6. The highest BCUT2D eigenvalue weighted by Gasteiger charge is 2.19. The van der Waals surface area contributed by atoms with Gasteiger partial charge >= 0.3 is 11.9 Å². The van der Waals surface area contributed by atoms with Crippen molar-refractivity contribution in [1.82, 2.24) is 0 Å². The minimum atomic E-state index is -1.43. The fourth-order valence-corrected chi connectivity index (χ4v) is 3.95. The average molecular weight is 519 g/mol. The largest absolute Gasteiger partial charge is 0.478 e. The summed E-state index contributed by atoms with van der Waals surface area (Å²) in [6.07, 6.45) is 0. The number of carbonyl (C=O) groups excluding carboxylic acids is 2. The van der Waals surface area contributed by atoms with Gasteiger partial charge in [0.1, 0.15) is 0 Å². The van der Waals surface area contributed by atoms with Crippen molar-refractivity contribution in [1.29, 1.82) is 0 Å². The van der Waals surface area contributed by atoms with Crippen LogP contribution in [0, 0.1) is 0 Å². The highest BCUT2D eigenvalue weighted by molar-refractivity contribution is 8.00. The first-order valence-electron chi connectivity index (χ1n) is 9.54. The Hall–Kier alpha value is -3.53. The lowest BCUT2D eigenvalue weighted by Gasteiger charge is -2.10. The number of carbonyl (C=O) groups is 4. The van der Waals surface area contributed by atoms with E-state index in [-0.39, 0.29) is 27.8 Å². The number of amides is 2. The normalized spacial score (nSPS) is 10.4. The van der Waals surface area contributed by atoms with Crippen LogP contribution in [0.3, 0.4) is 0 Å². The minimum Gasteiger partial charge on any atom is -0.478 e. The van der Waals surface area contributed by atoms with E-state index >= 15 is 0 Å². The predicted octanol–water partition coefficient (Wildman–Crippen LogP) is 5.37. The third kappa shape index (κ3) is 6.28. The van der Waals surface area contributed by atoms with E-state index < -0.39 is 23.4 Å². The Labute approximate surface area is 207 Å². The molecule has 4 N–H and O–H groups in total. The first kappa shape index (κ1) is 25.1. The average Bonchev–Trinajstić information content (AvgIpc) is 2.80. The lowest BCUT2D eigenvalue weighted by Crippen LogP contribution is -2.17.